The first-order chi connectivity index (χ1) is 11.9. The lowest BCUT2D eigenvalue weighted by Crippen LogP contribution is -2.42. The molecule has 1 aliphatic heterocycles. The standard InChI is InChI=1S/C21H28N2O2/c1-21(2,3)15-23-10-11-25-20(14-23)19-9-8-17(13-22-19)16-6-5-7-18(12-16)24-4/h5-9,12-13,20H,10-11,14-15H2,1-4H3. The van der Waals surface area contributed by atoms with Gasteiger partial charge in [-0.3, -0.25) is 9.88 Å². The van der Waals surface area contributed by atoms with Gasteiger partial charge in [-0.15, -0.1) is 0 Å². The van der Waals surface area contributed by atoms with Crippen LogP contribution in [0, 0.1) is 5.41 Å². The van der Waals surface area contributed by atoms with Crippen molar-refractivity contribution in [3.05, 3.63) is 48.3 Å². The Morgan fingerprint density at radius 1 is 1.20 bits per heavy atom. The molecule has 1 fully saturated rings. The normalized spacial score (nSPS) is 19.0. The summed E-state index contributed by atoms with van der Waals surface area (Å²) in [5, 5.41) is 0. The van der Waals surface area contributed by atoms with E-state index in [1.54, 1.807) is 7.11 Å². The van der Waals surface area contributed by atoms with Crippen LogP contribution >= 0.6 is 0 Å². The SMILES string of the molecule is COc1cccc(-c2ccc(C3CN(CC(C)(C)C)CCO3)nc2)c1. The van der Waals surface area contributed by atoms with Gasteiger partial charge in [0, 0.05) is 31.4 Å². The van der Waals surface area contributed by atoms with Crippen LogP contribution in [0.4, 0.5) is 0 Å². The molecule has 1 aliphatic rings. The molecule has 25 heavy (non-hydrogen) atoms. The number of nitrogens with zero attached hydrogens (tertiary/aromatic N) is 2. The average molecular weight is 340 g/mol. The number of hydrogen-bond acceptors (Lipinski definition) is 4. The Labute approximate surface area is 150 Å². The van der Waals surface area contributed by atoms with E-state index in [0.29, 0.717) is 5.41 Å². The lowest BCUT2D eigenvalue weighted by atomic mass is 9.95. The minimum absolute atomic E-state index is 0.0514. The van der Waals surface area contributed by atoms with E-state index in [1.807, 2.05) is 24.4 Å². The quantitative estimate of drug-likeness (QED) is 0.836. The molecular weight excluding hydrogens is 312 g/mol. The van der Waals surface area contributed by atoms with E-state index < -0.39 is 0 Å². The fourth-order valence-electron chi connectivity index (χ4n) is 3.27. The Morgan fingerprint density at radius 2 is 2.04 bits per heavy atom. The Balaban J connectivity index is 1.71. The molecule has 0 bridgehead atoms. The third kappa shape index (κ3) is 4.80. The van der Waals surface area contributed by atoms with E-state index in [0.717, 1.165) is 48.8 Å². The van der Waals surface area contributed by atoms with Crippen molar-refractivity contribution in [3.8, 4) is 16.9 Å². The van der Waals surface area contributed by atoms with Gasteiger partial charge < -0.3 is 9.47 Å². The Kier molecular flexibility index (Phi) is 5.40. The molecule has 2 aromatic rings. The highest BCUT2D eigenvalue weighted by atomic mass is 16.5. The molecule has 0 radical (unpaired) electrons. The molecule has 4 nitrogen and oxygen atoms in total. The molecule has 0 spiro atoms. The maximum atomic E-state index is 5.97. The third-order valence-electron chi connectivity index (χ3n) is 4.37. The number of benzene rings is 1. The Bertz CT molecular complexity index is 692. The third-order valence-corrected chi connectivity index (χ3v) is 4.37. The van der Waals surface area contributed by atoms with Crippen molar-refractivity contribution >= 4 is 0 Å². The maximum Gasteiger partial charge on any atom is 0.119 e. The number of hydrogen-bond donors (Lipinski definition) is 0. The minimum Gasteiger partial charge on any atom is -0.497 e. The Hall–Kier alpha value is -1.91. The van der Waals surface area contributed by atoms with Crippen LogP contribution in [-0.4, -0.2) is 43.2 Å². The molecule has 1 atom stereocenters. The topological polar surface area (TPSA) is 34.6 Å². The van der Waals surface area contributed by atoms with Crippen LogP contribution in [0.5, 0.6) is 5.75 Å². The highest BCUT2D eigenvalue weighted by molar-refractivity contribution is 5.64. The highest BCUT2D eigenvalue weighted by Gasteiger charge is 2.25. The summed E-state index contributed by atoms with van der Waals surface area (Å²) in [6, 6.07) is 12.2. The summed E-state index contributed by atoms with van der Waals surface area (Å²) in [5.41, 5.74) is 3.50. The van der Waals surface area contributed by atoms with Crippen molar-refractivity contribution in [2.75, 3.05) is 33.4 Å². The first-order valence-electron chi connectivity index (χ1n) is 8.89. The van der Waals surface area contributed by atoms with Crippen molar-refractivity contribution in [1.82, 2.24) is 9.88 Å². The molecule has 0 N–H and O–H groups in total. The van der Waals surface area contributed by atoms with Crippen LogP contribution in [0.2, 0.25) is 0 Å². The summed E-state index contributed by atoms with van der Waals surface area (Å²) in [6.45, 7) is 10.6. The monoisotopic (exact) mass is 340 g/mol. The molecule has 1 aromatic carbocycles. The molecule has 134 valence electrons. The highest BCUT2D eigenvalue weighted by Crippen LogP contribution is 2.27. The van der Waals surface area contributed by atoms with Gasteiger partial charge >= 0.3 is 0 Å². The van der Waals surface area contributed by atoms with Crippen LogP contribution in [0.15, 0.2) is 42.6 Å². The van der Waals surface area contributed by atoms with Crippen molar-refractivity contribution in [1.29, 1.82) is 0 Å². The summed E-state index contributed by atoms with van der Waals surface area (Å²) in [5.74, 6) is 0.856. The van der Waals surface area contributed by atoms with Gasteiger partial charge in [0.2, 0.25) is 0 Å². The molecule has 0 aliphatic carbocycles. The van der Waals surface area contributed by atoms with Gasteiger partial charge in [-0.25, -0.2) is 0 Å². The van der Waals surface area contributed by atoms with E-state index in [2.05, 4.69) is 48.9 Å². The number of pyridine rings is 1. The first kappa shape index (κ1) is 17.9. The largest absolute Gasteiger partial charge is 0.497 e. The number of morpholine rings is 1. The van der Waals surface area contributed by atoms with E-state index >= 15 is 0 Å². The zero-order valence-corrected chi connectivity index (χ0v) is 15.7. The van der Waals surface area contributed by atoms with Gasteiger partial charge in [-0.2, -0.15) is 0 Å². The van der Waals surface area contributed by atoms with Crippen molar-refractivity contribution in [3.63, 3.8) is 0 Å². The van der Waals surface area contributed by atoms with E-state index in [-0.39, 0.29) is 6.10 Å². The van der Waals surface area contributed by atoms with Gasteiger partial charge in [0.1, 0.15) is 11.9 Å². The lowest BCUT2D eigenvalue weighted by Gasteiger charge is -2.36. The summed E-state index contributed by atoms with van der Waals surface area (Å²) < 4.78 is 11.3. The summed E-state index contributed by atoms with van der Waals surface area (Å²) >= 11 is 0. The first-order valence-corrected chi connectivity index (χ1v) is 8.89. The molecule has 3 rings (SSSR count). The molecule has 2 heterocycles. The second kappa shape index (κ2) is 7.54. The minimum atomic E-state index is 0.0514. The Morgan fingerprint density at radius 3 is 2.72 bits per heavy atom. The van der Waals surface area contributed by atoms with Gasteiger partial charge in [-0.05, 0) is 29.2 Å². The van der Waals surface area contributed by atoms with Gasteiger partial charge in [-0.1, -0.05) is 39.0 Å². The smallest absolute Gasteiger partial charge is 0.119 e. The fourth-order valence-corrected chi connectivity index (χ4v) is 3.27. The molecular formula is C21H28N2O2. The second-order valence-electron chi connectivity index (χ2n) is 7.86. The lowest BCUT2D eigenvalue weighted by molar-refractivity contribution is -0.0407. The maximum absolute atomic E-state index is 5.97. The predicted octanol–water partition coefficient (Wildman–Crippen LogP) is 4.18. The van der Waals surface area contributed by atoms with E-state index in [4.69, 9.17) is 9.47 Å². The second-order valence-corrected chi connectivity index (χ2v) is 7.86. The number of ether oxygens (including phenoxy) is 2. The molecule has 1 saturated heterocycles. The van der Waals surface area contributed by atoms with Gasteiger partial charge in [0.05, 0.1) is 19.4 Å². The zero-order chi connectivity index (χ0) is 17.9. The van der Waals surface area contributed by atoms with Crippen LogP contribution in [0.3, 0.4) is 0 Å². The summed E-state index contributed by atoms with van der Waals surface area (Å²) in [6.07, 6.45) is 1.98. The number of aromatic nitrogens is 1. The molecule has 0 saturated carbocycles. The average Bonchev–Trinajstić information content (AvgIpc) is 2.61. The van der Waals surface area contributed by atoms with Crippen LogP contribution in [0.25, 0.3) is 11.1 Å². The number of rotatable bonds is 4. The summed E-state index contributed by atoms with van der Waals surface area (Å²) in [4.78, 5) is 7.15. The van der Waals surface area contributed by atoms with Crippen LogP contribution in [-0.2, 0) is 4.74 Å². The molecule has 4 heteroatoms. The van der Waals surface area contributed by atoms with Crippen molar-refractivity contribution in [2.45, 2.75) is 26.9 Å². The number of methoxy groups -OCH3 is 1. The van der Waals surface area contributed by atoms with E-state index in [9.17, 15) is 0 Å². The molecule has 0 amide bonds. The van der Waals surface area contributed by atoms with Crippen molar-refractivity contribution in [2.24, 2.45) is 5.41 Å². The molecule has 1 aromatic heterocycles. The fraction of sp³-hybridized carbons (Fsp3) is 0.476. The van der Waals surface area contributed by atoms with Gasteiger partial charge in [0.15, 0.2) is 0 Å². The summed E-state index contributed by atoms with van der Waals surface area (Å²) in [7, 11) is 1.68. The van der Waals surface area contributed by atoms with Gasteiger partial charge in [0.25, 0.3) is 0 Å². The van der Waals surface area contributed by atoms with Crippen LogP contribution in [0.1, 0.15) is 32.6 Å². The van der Waals surface area contributed by atoms with Crippen molar-refractivity contribution < 1.29 is 9.47 Å². The zero-order valence-electron chi connectivity index (χ0n) is 15.7. The van der Waals surface area contributed by atoms with Crippen LogP contribution < -0.4 is 4.74 Å². The molecule has 1 unspecified atom stereocenters. The van der Waals surface area contributed by atoms with E-state index in [1.165, 1.54) is 0 Å². The predicted molar refractivity (Wildman–Crippen MR) is 101 cm³/mol.